The molecule has 3 heterocycles. The Labute approximate surface area is 134 Å². The van der Waals surface area contributed by atoms with Gasteiger partial charge in [-0.3, -0.25) is 9.88 Å². The monoisotopic (exact) mass is 318 g/mol. The van der Waals surface area contributed by atoms with E-state index in [1.807, 2.05) is 0 Å². The average molecular weight is 318 g/mol. The van der Waals surface area contributed by atoms with Crippen LogP contribution in [0.3, 0.4) is 0 Å². The number of nitrogens with zero attached hydrogens (tertiary/aromatic N) is 4. The van der Waals surface area contributed by atoms with Gasteiger partial charge >= 0.3 is 5.69 Å². The third-order valence-corrected chi connectivity index (χ3v) is 4.17. The standard InChI is InChI=1S/C15H22N6O2/c1-10(2)20-5-7-21(8-6-20)14-16-4-3-11(17-14)9-12-13(22)19-15(23)18-12/h3-4,10,22H,5-9H2,1-2H3,(H2,18,19,23). The van der Waals surface area contributed by atoms with E-state index in [0.717, 1.165) is 31.9 Å². The van der Waals surface area contributed by atoms with E-state index in [0.29, 0.717) is 24.1 Å². The largest absolute Gasteiger partial charge is 0.493 e. The van der Waals surface area contributed by atoms with Gasteiger partial charge in [-0.05, 0) is 19.9 Å². The number of H-pyrrole nitrogens is 2. The highest BCUT2D eigenvalue weighted by Gasteiger charge is 2.20. The summed E-state index contributed by atoms with van der Waals surface area (Å²) in [6, 6.07) is 2.34. The fourth-order valence-electron chi connectivity index (χ4n) is 2.79. The number of aromatic hydroxyl groups is 1. The third-order valence-electron chi connectivity index (χ3n) is 4.17. The lowest BCUT2D eigenvalue weighted by molar-refractivity contribution is 0.208. The van der Waals surface area contributed by atoms with Gasteiger partial charge in [0.15, 0.2) is 0 Å². The molecular weight excluding hydrogens is 296 g/mol. The zero-order chi connectivity index (χ0) is 16.4. The number of aromatic amines is 2. The van der Waals surface area contributed by atoms with Gasteiger partial charge in [0.1, 0.15) is 0 Å². The minimum Gasteiger partial charge on any atom is -0.493 e. The molecule has 23 heavy (non-hydrogen) atoms. The van der Waals surface area contributed by atoms with Crippen molar-refractivity contribution in [2.75, 3.05) is 31.1 Å². The Morgan fingerprint density at radius 3 is 2.61 bits per heavy atom. The van der Waals surface area contributed by atoms with Crippen LogP contribution in [0.2, 0.25) is 0 Å². The SMILES string of the molecule is CC(C)N1CCN(c2nccc(Cc3[nH]c(=O)[nH]c3O)n2)CC1. The lowest BCUT2D eigenvalue weighted by atomic mass is 10.2. The molecule has 0 bridgehead atoms. The molecule has 0 unspecified atom stereocenters. The Kier molecular flexibility index (Phi) is 4.33. The molecular formula is C15H22N6O2. The summed E-state index contributed by atoms with van der Waals surface area (Å²) >= 11 is 0. The summed E-state index contributed by atoms with van der Waals surface area (Å²) in [5, 5.41) is 9.65. The molecule has 124 valence electrons. The van der Waals surface area contributed by atoms with E-state index in [1.54, 1.807) is 12.3 Å². The van der Waals surface area contributed by atoms with E-state index in [4.69, 9.17) is 0 Å². The fraction of sp³-hybridized carbons (Fsp3) is 0.533. The summed E-state index contributed by atoms with van der Waals surface area (Å²) in [6.45, 7) is 8.20. The van der Waals surface area contributed by atoms with Crippen molar-refractivity contribution in [3.8, 4) is 5.88 Å². The van der Waals surface area contributed by atoms with Gasteiger partial charge in [0.25, 0.3) is 0 Å². The topological polar surface area (TPSA) is 101 Å². The van der Waals surface area contributed by atoms with E-state index in [9.17, 15) is 9.90 Å². The highest BCUT2D eigenvalue weighted by Crippen LogP contribution is 2.16. The van der Waals surface area contributed by atoms with Crippen molar-refractivity contribution in [3.63, 3.8) is 0 Å². The number of hydrogen-bond donors (Lipinski definition) is 3. The number of aromatic nitrogens is 4. The second-order valence-electron chi connectivity index (χ2n) is 6.05. The lowest BCUT2D eigenvalue weighted by Crippen LogP contribution is -2.49. The number of anilines is 1. The van der Waals surface area contributed by atoms with E-state index in [-0.39, 0.29) is 5.88 Å². The predicted molar refractivity (Wildman–Crippen MR) is 86.8 cm³/mol. The first-order chi connectivity index (χ1) is 11.0. The fourth-order valence-corrected chi connectivity index (χ4v) is 2.79. The maximum Gasteiger partial charge on any atom is 0.325 e. The minimum atomic E-state index is -0.420. The van der Waals surface area contributed by atoms with Gasteiger partial charge in [-0.2, -0.15) is 0 Å². The summed E-state index contributed by atoms with van der Waals surface area (Å²) in [5.74, 6) is 0.559. The normalized spacial score (nSPS) is 16.2. The molecule has 0 atom stereocenters. The van der Waals surface area contributed by atoms with Crippen molar-refractivity contribution in [2.24, 2.45) is 0 Å². The van der Waals surface area contributed by atoms with Crippen LogP contribution in [0.25, 0.3) is 0 Å². The third kappa shape index (κ3) is 3.53. The highest BCUT2D eigenvalue weighted by molar-refractivity contribution is 5.33. The van der Waals surface area contributed by atoms with Crippen LogP contribution in [0.5, 0.6) is 5.88 Å². The molecule has 1 aliphatic heterocycles. The molecule has 0 radical (unpaired) electrons. The number of piperazine rings is 1. The molecule has 0 aromatic carbocycles. The van der Waals surface area contributed by atoms with Gasteiger partial charge in [-0.15, -0.1) is 0 Å². The zero-order valence-electron chi connectivity index (χ0n) is 13.4. The molecule has 1 aliphatic rings. The van der Waals surface area contributed by atoms with Gasteiger partial charge in [-0.1, -0.05) is 0 Å². The smallest absolute Gasteiger partial charge is 0.325 e. The summed E-state index contributed by atoms with van der Waals surface area (Å²) in [7, 11) is 0. The molecule has 3 N–H and O–H groups in total. The lowest BCUT2D eigenvalue weighted by Gasteiger charge is -2.36. The van der Waals surface area contributed by atoms with Crippen molar-refractivity contribution < 1.29 is 5.11 Å². The van der Waals surface area contributed by atoms with Gasteiger partial charge in [0.05, 0.1) is 11.4 Å². The molecule has 1 saturated heterocycles. The van der Waals surface area contributed by atoms with Crippen LogP contribution in [0.4, 0.5) is 5.95 Å². The number of rotatable bonds is 4. The van der Waals surface area contributed by atoms with Gasteiger partial charge < -0.3 is 15.0 Å². The quantitative estimate of drug-likeness (QED) is 0.750. The van der Waals surface area contributed by atoms with E-state index < -0.39 is 5.69 Å². The zero-order valence-corrected chi connectivity index (χ0v) is 13.4. The highest BCUT2D eigenvalue weighted by atomic mass is 16.3. The van der Waals surface area contributed by atoms with Crippen molar-refractivity contribution in [1.82, 2.24) is 24.8 Å². The molecule has 2 aromatic heterocycles. The van der Waals surface area contributed by atoms with Crippen LogP contribution < -0.4 is 10.6 Å². The summed E-state index contributed by atoms with van der Waals surface area (Å²) in [5.41, 5.74) is 0.771. The minimum absolute atomic E-state index is 0.138. The van der Waals surface area contributed by atoms with Crippen LogP contribution in [0.15, 0.2) is 17.1 Å². The molecule has 0 aliphatic carbocycles. The second kappa shape index (κ2) is 6.41. The van der Waals surface area contributed by atoms with Crippen LogP contribution in [0, 0.1) is 0 Å². The van der Waals surface area contributed by atoms with Gasteiger partial charge in [0.2, 0.25) is 11.8 Å². The van der Waals surface area contributed by atoms with Crippen molar-refractivity contribution in [3.05, 3.63) is 34.1 Å². The molecule has 1 fully saturated rings. The number of hydrogen-bond acceptors (Lipinski definition) is 6. The maximum atomic E-state index is 11.2. The summed E-state index contributed by atoms with van der Waals surface area (Å²) in [6.07, 6.45) is 2.07. The molecule has 2 aromatic rings. The first kappa shape index (κ1) is 15.5. The van der Waals surface area contributed by atoms with E-state index >= 15 is 0 Å². The predicted octanol–water partition coefficient (Wildman–Crippen LogP) is 0.320. The summed E-state index contributed by atoms with van der Waals surface area (Å²) < 4.78 is 0. The van der Waals surface area contributed by atoms with Crippen LogP contribution in [-0.4, -0.2) is 62.2 Å². The van der Waals surface area contributed by atoms with E-state index in [1.165, 1.54) is 0 Å². The second-order valence-corrected chi connectivity index (χ2v) is 6.05. The Morgan fingerprint density at radius 1 is 1.26 bits per heavy atom. The molecule has 3 rings (SSSR count). The van der Waals surface area contributed by atoms with Crippen molar-refractivity contribution in [1.29, 1.82) is 0 Å². The maximum absolute atomic E-state index is 11.2. The van der Waals surface area contributed by atoms with Crippen molar-refractivity contribution >= 4 is 5.95 Å². The van der Waals surface area contributed by atoms with Crippen LogP contribution in [-0.2, 0) is 6.42 Å². The first-order valence-corrected chi connectivity index (χ1v) is 7.84. The van der Waals surface area contributed by atoms with Crippen LogP contribution in [0.1, 0.15) is 25.2 Å². The van der Waals surface area contributed by atoms with Gasteiger partial charge in [0, 0.05) is 44.8 Å². The Bertz CT molecular complexity index is 715. The molecule has 0 spiro atoms. The van der Waals surface area contributed by atoms with Crippen molar-refractivity contribution in [2.45, 2.75) is 26.3 Å². The molecule has 0 amide bonds. The van der Waals surface area contributed by atoms with Gasteiger partial charge in [-0.25, -0.2) is 14.8 Å². The average Bonchev–Trinajstić information content (AvgIpc) is 2.85. The Morgan fingerprint density at radius 2 is 2.00 bits per heavy atom. The Hall–Kier alpha value is -2.35. The molecule has 8 heteroatoms. The Balaban J connectivity index is 1.71. The molecule has 8 nitrogen and oxygen atoms in total. The van der Waals surface area contributed by atoms with Crippen LogP contribution >= 0.6 is 0 Å². The van der Waals surface area contributed by atoms with E-state index in [2.05, 4.69) is 43.6 Å². The molecule has 0 saturated carbocycles. The number of nitrogens with one attached hydrogen (secondary N) is 2. The number of imidazole rings is 1. The summed E-state index contributed by atoms with van der Waals surface area (Å²) in [4.78, 5) is 29.6. The first-order valence-electron chi connectivity index (χ1n) is 7.84.